The smallest absolute Gasteiger partial charge is 0.118 e. The van der Waals surface area contributed by atoms with Crippen LogP contribution in [0.3, 0.4) is 0 Å². The van der Waals surface area contributed by atoms with Crippen molar-refractivity contribution in [3.05, 3.63) is 36.1 Å². The zero-order chi connectivity index (χ0) is 12.5. The summed E-state index contributed by atoms with van der Waals surface area (Å²) in [6, 6.07) is 0. The van der Waals surface area contributed by atoms with Gasteiger partial charge in [0.2, 0.25) is 0 Å². The molecular weight excluding hydrogens is 232 g/mol. The number of allylic oxidation sites excluding steroid dienone is 5. The summed E-state index contributed by atoms with van der Waals surface area (Å²) in [6.07, 6.45) is 18.6. The number of hydrogen-bond acceptors (Lipinski definition) is 1. The summed E-state index contributed by atoms with van der Waals surface area (Å²) >= 11 is 6.32. The molecule has 2 atom stereocenters. The summed E-state index contributed by atoms with van der Waals surface area (Å²) in [5, 5.41) is -0.00534. The molecule has 0 bridgehead atoms. The molecule has 0 unspecified atom stereocenters. The van der Waals surface area contributed by atoms with E-state index in [1.807, 2.05) is 18.2 Å². The molecule has 2 heteroatoms. The Kier molecular flexibility index (Phi) is 6.58. The van der Waals surface area contributed by atoms with Crippen molar-refractivity contribution in [2.75, 3.05) is 0 Å². The molecule has 0 amide bonds. The van der Waals surface area contributed by atoms with Gasteiger partial charge in [0.05, 0.1) is 11.1 Å². The Bertz CT molecular complexity index is 346. The summed E-state index contributed by atoms with van der Waals surface area (Å²) in [5.41, 5.74) is 0. The second-order valence-electron chi connectivity index (χ2n) is 4.02. The molecule has 0 aliphatic carbocycles. The Morgan fingerprint density at radius 1 is 1.65 bits per heavy atom. The van der Waals surface area contributed by atoms with Gasteiger partial charge in [0.1, 0.15) is 6.10 Å². The van der Waals surface area contributed by atoms with E-state index in [9.17, 15) is 0 Å². The highest BCUT2D eigenvalue weighted by Gasteiger charge is 2.20. The van der Waals surface area contributed by atoms with Crippen LogP contribution in [0, 0.1) is 12.3 Å². The molecule has 0 saturated heterocycles. The van der Waals surface area contributed by atoms with E-state index in [2.05, 4.69) is 18.9 Å². The van der Waals surface area contributed by atoms with Gasteiger partial charge >= 0.3 is 0 Å². The molecule has 92 valence electrons. The Morgan fingerprint density at radius 2 is 2.47 bits per heavy atom. The molecule has 1 aliphatic heterocycles. The number of halogens is 1. The van der Waals surface area contributed by atoms with Crippen LogP contribution in [0.5, 0.6) is 0 Å². The molecule has 0 N–H and O–H groups in total. The Hall–Kier alpha value is -1.13. The van der Waals surface area contributed by atoms with E-state index < -0.39 is 0 Å². The van der Waals surface area contributed by atoms with Gasteiger partial charge in [0.15, 0.2) is 0 Å². The van der Waals surface area contributed by atoms with Crippen molar-refractivity contribution in [2.24, 2.45) is 0 Å². The average Bonchev–Trinajstić information content (AvgIpc) is 2.31. The fourth-order valence-corrected chi connectivity index (χ4v) is 1.96. The zero-order valence-corrected chi connectivity index (χ0v) is 11.0. The molecule has 0 aromatic carbocycles. The van der Waals surface area contributed by atoms with E-state index in [1.54, 1.807) is 6.08 Å². The van der Waals surface area contributed by atoms with Crippen LogP contribution in [0.1, 0.15) is 32.6 Å². The summed E-state index contributed by atoms with van der Waals surface area (Å²) in [5.74, 6) is 3.49. The second-order valence-corrected chi connectivity index (χ2v) is 4.58. The van der Waals surface area contributed by atoms with E-state index in [1.165, 1.54) is 0 Å². The number of rotatable bonds is 4. The molecule has 0 aromatic rings. The molecule has 0 aromatic heterocycles. The predicted molar refractivity (Wildman–Crippen MR) is 73.9 cm³/mol. The van der Waals surface area contributed by atoms with Gasteiger partial charge in [0.25, 0.3) is 0 Å². The van der Waals surface area contributed by atoms with Crippen LogP contribution >= 0.6 is 11.6 Å². The van der Waals surface area contributed by atoms with E-state index >= 15 is 0 Å². The summed E-state index contributed by atoms with van der Waals surface area (Å²) in [7, 11) is 0. The van der Waals surface area contributed by atoms with Crippen molar-refractivity contribution < 1.29 is 4.74 Å². The van der Waals surface area contributed by atoms with Gasteiger partial charge in [0, 0.05) is 12.8 Å². The van der Waals surface area contributed by atoms with E-state index in [0.29, 0.717) is 0 Å². The van der Waals surface area contributed by atoms with Crippen molar-refractivity contribution in [2.45, 2.75) is 44.1 Å². The minimum absolute atomic E-state index is 0.00372. The van der Waals surface area contributed by atoms with Crippen LogP contribution in [0.25, 0.3) is 0 Å². The van der Waals surface area contributed by atoms with Crippen LogP contribution in [-0.2, 0) is 4.74 Å². The molecule has 1 rings (SSSR count). The van der Waals surface area contributed by atoms with Crippen LogP contribution in [-0.4, -0.2) is 11.5 Å². The molecule has 17 heavy (non-hydrogen) atoms. The standard InChI is InChI=1S/C15H19ClO/c1-3-5-6-12-15-14(16)11-8-7-10-13(17-15)9-4-2/h1,5-8,10,14-15H,4,9,11-12H2,2H3/b6-5-,8-7-,13-10-/t14-,15-/m0/s1. The van der Waals surface area contributed by atoms with Crippen molar-refractivity contribution in [1.29, 1.82) is 0 Å². The molecule has 0 spiro atoms. The van der Waals surface area contributed by atoms with E-state index in [-0.39, 0.29) is 11.5 Å². The molecule has 0 radical (unpaired) electrons. The maximum absolute atomic E-state index is 6.32. The summed E-state index contributed by atoms with van der Waals surface area (Å²) < 4.78 is 5.95. The first kappa shape index (κ1) is 13.9. The molecule has 0 saturated carbocycles. The first-order valence-electron chi connectivity index (χ1n) is 6.05. The summed E-state index contributed by atoms with van der Waals surface area (Å²) in [4.78, 5) is 0. The van der Waals surface area contributed by atoms with Crippen molar-refractivity contribution in [1.82, 2.24) is 0 Å². The lowest BCUT2D eigenvalue weighted by molar-refractivity contribution is 0.107. The Labute approximate surface area is 109 Å². The van der Waals surface area contributed by atoms with Crippen LogP contribution in [0.15, 0.2) is 36.1 Å². The highest BCUT2D eigenvalue weighted by atomic mass is 35.5. The van der Waals surface area contributed by atoms with Gasteiger partial charge in [-0.25, -0.2) is 0 Å². The van der Waals surface area contributed by atoms with Gasteiger partial charge in [-0.15, -0.1) is 18.0 Å². The van der Waals surface area contributed by atoms with Crippen molar-refractivity contribution in [3.63, 3.8) is 0 Å². The maximum atomic E-state index is 6.32. The fraction of sp³-hybridized carbons (Fsp3) is 0.467. The molecule has 1 heterocycles. The normalized spacial score (nSPS) is 29.6. The number of alkyl halides is 1. The number of terminal acetylenes is 1. The molecule has 1 aliphatic rings. The minimum Gasteiger partial charge on any atom is -0.493 e. The minimum atomic E-state index is -0.00534. The second kappa shape index (κ2) is 8.03. The third-order valence-corrected chi connectivity index (χ3v) is 3.02. The van der Waals surface area contributed by atoms with Crippen LogP contribution in [0.2, 0.25) is 0 Å². The third-order valence-electron chi connectivity index (χ3n) is 2.56. The van der Waals surface area contributed by atoms with Gasteiger partial charge in [-0.05, 0) is 25.0 Å². The van der Waals surface area contributed by atoms with E-state index in [0.717, 1.165) is 31.4 Å². The van der Waals surface area contributed by atoms with Crippen LogP contribution < -0.4 is 0 Å². The summed E-state index contributed by atoms with van der Waals surface area (Å²) in [6.45, 7) is 2.14. The quantitative estimate of drug-likeness (QED) is 0.537. The SMILES string of the molecule is C#C/C=C\C[C@@H]1O/C(CCC)=C\C=C/C[C@@H]1Cl. The van der Waals surface area contributed by atoms with Crippen molar-refractivity contribution >= 4 is 11.6 Å². The Balaban J connectivity index is 2.67. The lowest BCUT2D eigenvalue weighted by Gasteiger charge is -2.24. The first-order valence-corrected chi connectivity index (χ1v) is 6.49. The first-order chi connectivity index (χ1) is 8.27. The number of ether oxygens (including phenoxy) is 1. The topological polar surface area (TPSA) is 9.23 Å². The Morgan fingerprint density at radius 3 is 3.18 bits per heavy atom. The largest absolute Gasteiger partial charge is 0.493 e. The maximum Gasteiger partial charge on any atom is 0.118 e. The third kappa shape index (κ3) is 5.15. The van der Waals surface area contributed by atoms with Crippen LogP contribution in [0.4, 0.5) is 0 Å². The van der Waals surface area contributed by atoms with Gasteiger partial charge in [-0.2, -0.15) is 0 Å². The van der Waals surface area contributed by atoms with Gasteiger partial charge in [-0.1, -0.05) is 31.1 Å². The van der Waals surface area contributed by atoms with Gasteiger partial charge in [-0.3, -0.25) is 0 Å². The monoisotopic (exact) mass is 250 g/mol. The molecule has 1 nitrogen and oxygen atoms in total. The highest BCUT2D eigenvalue weighted by Crippen LogP contribution is 2.23. The molecular formula is C15H19ClO. The van der Waals surface area contributed by atoms with Gasteiger partial charge < -0.3 is 4.74 Å². The van der Waals surface area contributed by atoms with Crippen molar-refractivity contribution in [3.8, 4) is 12.3 Å². The zero-order valence-electron chi connectivity index (χ0n) is 10.2. The average molecular weight is 251 g/mol. The highest BCUT2D eigenvalue weighted by molar-refractivity contribution is 6.21. The lowest BCUT2D eigenvalue weighted by Crippen LogP contribution is -2.24. The lowest BCUT2D eigenvalue weighted by atomic mass is 10.1. The van der Waals surface area contributed by atoms with E-state index in [4.69, 9.17) is 22.8 Å². The fourth-order valence-electron chi connectivity index (χ4n) is 1.70. The number of hydrogen-bond donors (Lipinski definition) is 0. The predicted octanol–water partition coefficient (Wildman–Crippen LogP) is 4.20. The molecule has 0 fully saturated rings.